The average Bonchev–Trinajstić information content (AvgIpc) is 3.34. The summed E-state index contributed by atoms with van der Waals surface area (Å²) in [6.45, 7) is 10.3. The largest absolute Gasteiger partial charge is 0.322 e. The van der Waals surface area contributed by atoms with Crippen molar-refractivity contribution in [3.8, 4) is 11.3 Å². The predicted octanol–water partition coefficient (Wildman–Crippen LogP) is 5.82. The maximum absolute atomic E-state index is 13.2. The molecule has 3 aromatic heterocycles. The Morgan fingerprint density at radius 2 is 1.83 bits per heavy atom. The number of nitrogens with zero attached hydrogens (tertiary/aromatic N) is 4. The first-order chi connectivity index (χ1) is 14.3. The summed E-state index contributed by atoms with van der Waals surface area (Å²) in [6.07, 6.45) is 1.73. The van der Waals surface area contributed by atoms with Crippen LogP contribution in [0.2, 0.25) is 0 Å². The second-order valence-electron chi connectivity index (χ2n) is 7.95. The molecular weight excluding hydrogens is 394 g/mol. The van der Waals surface area contributed by atoms with Gasteiger partial charge >= 0.3 is 0 Å². The molecule has 0 aliphatic carbocycles. The van der Waals surface area contributed by atoms with Gasteiger partial charge in [-0.25, -0.2) is 14.6 Å². The fourth-order valence-corrected chi connectivity index (χ4v) is 3.94. The second-order valence-corrected chi connectivity index (χ2v) is 9.02. The van der Waals surface area contributed by atoms with Crippen LogP contribution >= 0.6 is 11.3 Å². The molecule has 7 heteroatoms. The second kappa shape index (κ2) is 7.99. The van der Waals surface area contributed by atoms with Gasteiger partial charge in [0.2, 0.25) is 0 Å². The van der Waals surface area contributed by atoms with Gasteiger partial charge in [0.15, 0.2) is 5.65 Å². The zero-order chi connectivity index (χ0) is 21.4. The first-order valence-electron chi connectivity index (χ1n) is 10.1. The van der Waals surface area contributed by atoms with Crippen LogP contribution in [0.4, 0.5) is 5.69 Å². The van der Waals surface area contributed by atoms with E-state index in [0.717, 1.165) is 38.7 Å². The minimum Gasteiger partial charge on any atom is -0.322 e. The number of pyridine rings is 1. The van der Waals surface area contributed by atoms with Gasteiger partial charge in [-0.2, -0.15) is 5.10 Å². The van der Waals surface area contributed by atoms with Crippen LogP contribution in [-0.2, 0) is 0 Å². The molecule has 0 atom stereocenters. The summed E-state index contributed by atoms with van der Waals surface area (Å²) >= 11 is 1.63. The van der Waals surface area contributed by atoms with E-state index in [9.17, 15) is 4.79 Å². The Labute approximate surface area is 180 Å². The molecule has 0 aliphatic heterocycles. The molecule has 0 spiro atoms. The number of amides is 1. The molecule has 30 heavy (non-hydrogen) atoms. The molecular formula is C23H25N5OS. The average molecular weight is 420 g/mol. The Morgan fingerprint density at radius 3 is 2.43 bits per heavy atom. The minimum atomic E-state index is -0.162. The summed E-state index contributed by atoms with van der Waals surface area (Å²) in [5.41, 5.74) is 4.94. The van der Waals surface area contributed by atoms with Crippen molar-refractivity contribution in [1.29, 1.82) is 0 Å². The third kappa shape index (κ3) is 3.85. The van der Waals surface area contributed by atoms with E-state index in [-0.39, 0.29) is 17.9 Å². The molecule has 0 unspecified atom stereocenters. The molecule has 0 bridgehead atoms. The molecule has 0 radical (unpaired) electrons. The van der Waals surface area contributed by atoms with E-state index in [1.54, 1.807) is 17.5 Å². The molecule has 1 amide bonds. The van der Waals surface area contributed by atoms with Gasteiger partial charge < -0.3 is 5.32 Å². The number of carbonyl (C=O) groups excluding carboxylic acids is 1. The van der Waals surface area contributed by atoms with Gasteiger partial charge in [-0.3, -0.25) is 4.79 Å². The van der Waals surface area contributed by atoms with Crippen molar-refractivity contribution in [3.63, 3.8) is 0 Å². The molecule has 154 valence electrons. The van der Waals surface area contributed by atoms with Crippen molar-refractivity contribution in [3.05, 3.63) is 58.2 Å². The summed E-state index contributed by atoms with van der Waals surface area (Å²) in [4.78, 5) is 22.4. The quantitative estimate of drug-likeness (QED) is 0.442. The number of thiazole rings is 1. The van der Waals surface area contributed by atoms with Crippen LogP contribution in [-0.4, -0.2) is 25.7 Å². The van der Waals surface area contributed by atoms with E-state index in [1.807, 2.05) is 47.3 Å². The highest BCUT2D eigenvalue weighted by atomic mass is 32.1. The summed E-state index contributed by atoms with van der Waals surface area (Å²) in [6, 6.07) is 9.80. The topological polar surface area (TPSA) is 72.7 Å². The van der Waals surface area contributed by atoms with Crippen LogP contribution in [0, 0.1) is 6.92 Å². The summed E-state index contributed by atoms with van der Waals surface area (Å²) in [5, 5.41) is 11.3. The van der Waals surface area contributed by atoms with Gasteiger partial charge in [-0.05, 0) is 44.9 Å². The maximum Gasteiger partial charge on any atom is 0.256 e. The smallest absolute Gasteiger partial charge is 0.256 e. The number of carbonyl (C=O) groups is 1. The monoisotopic (exact) mass is 419 g/mol. The lowest BCUT2D eigenvalue weighted by molar-refractivity contribution is 0.102. The number of benzene rings is 1. The number of anilines is 1. The van der Waals surface area contributed by atoms with Crippen LogP contribution in [0.15, 0.2) is 41.9 Å². The van der Waals surface area contributed by atoms with E-state index < -0.39 is 0 Å². The van der Waals surface area contributed by atoms with Crippen LogP contribution in [0.1, 0.15) is 60.7 Å². The molecule has 0 saturated heterocycles. The molecule has 0 saturated carbocycles. The SMILES string of the molecule is Cc1nc(-c2ccc(NC(=O)c3cc(C(C)C)nc4c3cnn4C(C)C)cc2)cs1. The number of rotatable bonds is 5. The lowest BCUT2D eigenvalue weighted by Crippen LogP contribution is -2.14. The van der Waals surface area contributed by atoms with E-state index >= 15 is 0 Å². The third-order valence-corrected chi connectivity index (χ3v) is 5.74. The van der Waals surface area contributed by atoms with Crippen molar-refractivity contribution in [2.24, 2.45) is 0 Å². The Morgan fingerprint density at radius 1 is 1.10 bits per heavy atom. The molecule has 1 N–H and O–H groups in total. The van der Waals surface area contributed by atoms with Crippen LogP contribution in [0.3, 0.4) is 0 Å². The van der Waals surface area contributed by atoms with Gasteiger partial charge in [-0.1, -0.05) is 26.0 Å². The maximum atomic E-state index is 13.2. The van der Waals surface area contributed by atoms with Crippen molar-refractivity contribution in [2.45, 2.75) is 46.6 Å². The van der Waals surface area contributed by atoms with E-state index in [2.05, 4.69) is 43.1 Å². The zero-order valence-corrected chi connectivity index (χ0v) is 18.6. The summed E-state index contributed by atoms with van der Waals surface area (Å²) in [5.74, 6) is 0.0437. The van der Waals surface area contributed by atoms with E-state index in [0.29, 0.717) is 5.56 Å². The Hall–Kier alpha value is -3.06. The molecule has 3 heterocycles. The lowest BCUT2D eigenvalue weighted by Gasteiger charge is -2.12. The number of fused-ring (bicyclic) bond motifs is 1. The van der Waals surface area contributed by atoms with Crippen LogP contribution < -0.4 is 5.32 Å². The fourth-order valence-electron chi connectivity index (χ4n) is 3.32. The molecule has 4 aromatic rings. The summed E-state index contributed by atoms with van der Waals surface area (Å²) < 4.78 is 1.86. The number of hydrogen-bond acceptors (Lipinski definition) is 5. The Kier molecular flexibility index (Phi) is 5.39. The van der Waals surface area contributed by atoms with Crippen LogP contribution in [0.5, 0.6) is 0 Å². The van der Waals surface area contributed by atoms with E-state index in [4.69, 9.17) is 4.98 Å². The Bertz CT molecular complexity index is 1200. The van der Waals surface area contributed by atoms with E-state index in [1.165, 1.54) is 0 Å². The van der Waals surface area contributed by atoms with Crippen molar-refractivity contribution < 1.29 is 4.79 Å². The highest BCUT2D eigenvalue weighted by Gasteiger charge is 2.19. The third-order valence-electron chi connectivity index (χ3n) is 4.97. The Balaban J connectivity index is 1.66. The van der Waals surface area contributed by atoms with Gasteiger partial charge in [0.1, 0.15) is 0 Å². The molecule has 4 rings (SSSR count). The first-order valence-corrected chi connectivity index (χ1v) is 10.9. The number of hydrogen-bond donors (Lipinski definition) is 1. The highest BCUT2D eigenvalue weighted by molar-refractivity contribution is 7.09. The number of aryl methyl sites for hydroxylation is 1. The van der Waals surface area contributed by atoms with Gasteiger partial charge in [0.25, 0.3) is 5.91 Å². The lowest BCUT2D eigenvalue weighted by atomic mass is 10.0. The highest BCUT2D eigenvalue weighted by Crippen LogP contribution is 2.26. The molecule has 6 nitrogen and oxygen atoms in total. The summed E-state index contributed by atoms with van der Waals surface area (Å²) in [7, 11) is 0. The number of nitrogens with one attached hydrogen (secondary N) is 1. The van der Waals surface area contributed by atoms with Gasteiger partial charge in [0.05, 0.1) is 27.8 Å². The standard InChI is InChI=1S/C23H25N5OS/c1-13(2)20-10-18(19-11-24-28(14(3)4)22(19)27-20)23(29)26-17-8-6-16(7-9-17)21-12-30-15(5)25-21/h6-14H,1-5H3,(H,26,29). The van der Waals surface area contributed by atoms with Gasteiger partial charge in [0, 0.05) is 28.4 Å². The predicted molar refractivity (Wildman–Crippen MR) is 122 cm³/mol. The molecule has 0 aliphatic rings. The van der Waals surface area contributed by atoms with Crippen molar-refractivity contribution in [2.75, 3.05) is 5.32 Å². The molecule has 0 fully saturated rings. The molecule has 1 aromatic carbocycles. The zero-order valence-electron chi connectivity index (χ0n) is 17.8. The van der Waals surface area contributed by atoms with Crippen molar-refractivity contribution >= 4 is 34.0 Å². The normalized spacial score (nSPS) is 11.6. The fraction of sp³-hybridized carbons (Fsp3) is 0.304. The van der Waals surface area contributed by atoms with Gasteiger partial charge in [-0.15, -0.1) is 11.3 Å². The van der Waals surface area contributed by atoms with Crippen molar-refractivity contribution in [1.82, 2.24) is 19.7 Å². The first kappa shape index (κ1) is 20.2. The number of aromatic nitrogens is 4. The van der Waals surface area contributed by atoms with Crippen LogP contribution in [0.25, 0.3) is 22.3 Å². The minimum absolute atomic E-state index is 0.162.